The van der Waals surface area contributed by atoms with Crippen molar-refractivity contribution in [1.29, 1.82) is 0 Å². The van der Waals surface area contributed by atoms with Gasteiger partial charge >= 0.3 is 0 Å². The molecule has 0 spiro atoms. The third-order valence-electron chi connectivity index (χ3n) is 2.00. The monoisotopic (exact) mass is 157 g/mol. The number of aldehydes is 1. The Bertz CT molecular complexity index is 102. The van der Waals surface area contributed by atoms with Crippen molar-refractivity contribution in [2.24, 2.45) is 11.8 Å². The normalized spacial score (nSPS) is 13.5. The van der Waals surface area contributed by atoms with Gasteiger partial charge in [0.1, 0.15) is 6.29 Å². The van der Waals surface area contributed by atoms with Crippen LogP contribution in [-0.2, 0) is 4.79 Å². The second kappa shape index (κ2) is 6.35. The largest absolute Gasteiger partial charge is 0.320 e. The molecular weight excluding hydrogens is 138 g/mol. The van der Waals surface area contributed by atoms with Crippen LogP contribution in [0, 0.1) is 11.8 Å². The Balaban J connectivity index is 3.44. The van der Waals surface area contributed by atoms with E-state index in [-0.39, 0.29) is 5.92 Å². The number of carbonyl (C=O) groups excluding carboxylic acids is 1. The van der Waals surface area contributed by atoms with Crippen LogP contribution in [0.25, 0.3) is 0 Å². The molecule has 0 fully saturated rings. The van der Waals surface area contributed by atoms with E-state index >= 15 is 0 Å². The molecule has 1 unspecified atom stereocenters. The van der Waals surface area contributed by atoms with Gasteiger partial charge in [0, 0.05) is 5.92 Å². The van der Waals surface area contributed by atoms with Crippen molar-refractivity contribution in [2.75, 3.05) is 13.6 Å². The van der Waals surface area contributed by atoms with E-state index in [2.05, 4.69) is 19.2 Å². The van der Waals surface area contributed by atoms with E-state index in [1.165, 1.54) is 0 Å². The highest BCUT2D eigenvalue weighted by molar-refractivity contribution is 5.53. The first-order valence-corrected chi connectivity index (χ1v) is 4.32. The minimum absolute atomic E-state index is 0.253. The molecule has 0 saturated carbocycles. The number of rotatable bonds is 6. The molecule has 0 aliphatic rings. The Kier molecular flexibility index (Phi) is 6.13. The maximum absolute atomic E-state index is 10.5. The molecule has 0 heterocycles. The van der Waals surface area contributed by atoms with Gasteiger partial charge in [-0.15, -0.1) is 0 Å². The SMILES string of the molecule is CNCCCC(C=O)C(C)C. The molecule has 2 heteroatoms. The van der Waals surface area contributed by atoms with Crippen molar-refractivity contribution >= 4 is 6.29 Å². The van der Waals surface area contributed by atoms with E-state index in [0.717, 1.165) is 25.7 Å². The van der Waals surface area contributed by atoms with Gasteiger partial charge < -0.3 is 10.1 Å². The molecule has 11 heavy (non-hydrogen) atoms. The fraction of sp³-hybridized carbons (Fsp3) is 0.889. The van der Waals surface area contributed by atoms with E-state index in [1.807, 2.05) is 7.05 Å². The minimum Gasteiger partial charge on any atom is -0.320 e. The van der Waals surface area contributed by atoms with Crippen LogP contribution in [0.4, 0.5) is 0 Å². The summed E-state index contributed by atoms with van der Waals surface area (Å²) in [5, 5.41) is 3.07. The molecule has 66 valence electrons. The van der Waals surface area contributed by atoms with E-state index in [4.69, 9.17) is 0 Å². The summed E-state index contributed by atoms with van der Waals surface area (Å²) in [6, 6.07) is 0. The number of hydrogen-bond donors (Lipinski definition) is 1. The first-order chi connectivity index (χ1) is 5.22. The van der Waals surface area contributed by atoms with Crippen LogP contribution in [0.2, 0.25) is 0 Å². The average Bonchev–Trinajstić information content (AvgIpc) is 1.97. The first-order valence-electron chi connectivity index (χ1n) is 4.32. The number of hydrogen-bond acceptors (Lipinski definition) is 2. The van der Waals surface area contributed by atoms with E-state index < -0.39 is 0 Å². The third kappa shape index (κ3) is 4.96. The highest BCUT2D eigenvalue weighted by Gasteiger charge is 2.10. The lowest BCUT2D eigenvalue weighted by molar-refractivity contribution is -0.112. The Morgan fingerprint density at radius 2 is 2.09 bits per heavy atom. The summed E-state index contributed by atoms with van der Waals surface area (Å²) < 4.78 is 0. The van der Waals surface area contributed by atoms with Gasteiger partial charge in [0.2, 0.25) is 0 Å². The predicted octanol–water partition coefficient (Wildman–Crippen LogP) is 1.46. The summed E-state index contributed by atoms with van der Waals surface area (Å²) in [5.41, 5.74) is 0. The van der Waals surface area contributed by atoms with Crippen molar-refractivity contribution in [3.63, 3.8) is 0 Å². The summed E-state index contributed by atoms with van der Waals surface area (Å²) in [6.07, 6.45) is 3.19. The van der Waals surface area contributed by atoms with Gasteiger partial charge in [0.15, 0.2) is 0 Å². The molecule has 0 saturated heterocycles. The lowest BCUT2D eigenvalue weighted by Crippen LogP contribution is -2.14. The molecule has 0 amide bonds. The van der Waals surface area contributed by atoms with Gasteiger partial charge in [-0.05, 0) is 32.4 Å². The molecule has 0 aliphatic carbocycles. The van der Waals surface area contributed by atoms with Crippen molar-refractivity contribution in [3.8, 4) is 0 Å². The van der Waals surface area contributed by atoms with Gasteiger partial charge in [-0.1, -0.05) is 13.8 Å². The molecule has 0 bridgehead atoms. The van der Waals surface area contributed by atoms with Crippen molar-refractivity contribution in [2.45, 2.75) is 26.7 Å². The molecule has 0 aromatic heterocycles. The van der Waals surface area contributed by atoms with E-state index in [9.17, 15) is 4.79 Å². The summed E-state index contributed by atoms with van der Waals surface area (Å²) in [7, 11) is 1.94. The Labute approximate surface area is 69.4 Å². The Morgan fingerprint density at radius 3 is 2.45 bits per heavy atom. The van der Waals surface area contributed by atoms with Gasteiger partial charge in [-0.2, -0.15) is 0 Å². The third-order valence-corrected chi connectivity index (χ3v) is 2.00. The summed E-state index contributed by atoms with van der Waals surface area (Å²) in [5.74, 6) is 0.743. The smallest absolute Gasteiger partial charge is 0.123 e. The molecule has 0 aliphatic heterocycles. The zero-order chi connectivity index (χ0) is 8.69. The lowest BCUT2D eigenvalue weighted by atomic mass is 9.93. The van der Waals surface area contributed by atoms with Crippen LogP contribution in [0.1, 0.15) is 26.7 Å². The molecular formula is C9H19NO. The number of nitrogens with one attached hydrogen (secondary N) is 1. The fourth-order valence-corrected chi connectivity index (χ4v) is 1.07. The van der Waals surface area contributed by atoms with Gasteiger partial charge in [-0.25, -0.2) is 0 Å². The second-order valence-corrected chi connectivity index (χ2v) is 3.29. The van der Waals surface area contributed by atoms with Crippen LogP contribution >= 0.6 is 0 Å². The van der Waals surface area contributed by atoms with Crippen molar-refractivity contribution in [3.05, 3.63) is 0 Å². The van der Waals surface area contributed by atoms with Crippen LogP contribution in [-0.4, -0.2) is 19.9 Å². The molecule has 0 radical (unpaired) electrons. The van der Waals surface area contributed by atoms with Gasteiger partial charge in [0.25, 0.3) is 0 Å². The van der Waals surface area contributed by atoms with Crippen LogP contribution < -0.4 is 5.32 Å². The molecule has 2 nitrogen and oxygen atoms in total. The second-order valence-electron chi connectivity index (χ2n) is 3.29. The molecule has 0 aromatic rings. The topological polar surface area (TPSA) is 29.1 Å². The van der Waals surface area contributed by atoms with Crippen LogP contribution in [0.15, 0.2) is 0 Å². The molecule has 1 atom stereocenters. The summed E-state index contributed by atoms with van der Waals surface area (Å²) >= 11 is 0. The zero-order valence-corrected chi connectivity index (χ0v) is 7.76. The summed E-state index contributed by atoms with van der Waals surface area (Å²) in [6.45, 7) is 5.20. The number of carbonyl (C=O) groups is 1. The minimum atomic E-state index is 0.253. The molecule has 1 N–H and O–H groups in total. The van der Waals surface area contributed by atoms with Crippen molar-refractivity contribution < 1.29 is 4.79 Å². The van der Waals surface area contributed by atoms with E-state index in [1.54, 1.807) is 0 Å². The average molecular weight is 157 g/mol. The Morgan fingerprint density at radius 1 is 1.45 bits per heavy atom. The highest BCUT2D eigenvalue weighted by atomic mass is 16.1. The zero-order valence-electron chi connectivity index (χ0n) is 7.76. The Hall–Kier alpha value is -0.370. The van der Waals surface area contributed by atoms with Gasteiger partial charge in [-0.3, -0.25) is 0 Å². The van der Waals surface area contributed by atoms with E-state index in [0.29, 0.717) is 5.92 Å². The fourth-order valence-electron chi connectivity index (χ4n) is 1.07. The maximum Gasteiger partial charge on any atom is 0.123 e. The first kappa shape index (κ1) is 10.6. The van der Waals surface area contributed by atoms with Crippen LogP contribution in [0.5, 0.6) is 0 Å². The van der Waals surface area contributed by atoms with Crippen molar-refractivity contribution in [1.82, 2.24) is 5.32 Å². The van der Waals surface area contributed by atoms with Crippen LogP contribution in [0.3, 0.4) is 0 Å². The standard InChI is InChI=1S/C9H19NO/c1-8(2)9(7-11)5-4-6-10-3/h7-10H,4-6H2,1-3H3. The lowest BCUT2D eigenvalue weighted by Gasteiger charge is -2.12. The molecule has 0 rings (SSSR count). The molecule has 0 aromatic carbocycles. The maximum atomic E-state index is 10.5. The predicted molar refractivity (Wildman–Crippen MR) is 47.6 cm³/mol. The quantitative estimate of drug-likeness (QED) is 0.467. The highest BCUT2D eigenvalue weighted by Crippen LogP contribution is 2.13. The van der Waals surface area contributed by atoms with Gasteiger partial charge in [0.05, 0.1) is 0 Å². The summed E-state index contributed by atoms with van der Waals surface area (Å²) in [4.78, 5) is 10.5.